The molecule has 7 heteroatoms. The molecule has 0 amide bonds. The molecule has 7 nitrogen and oxygen atoms in total. The van der Waals surface area contributed by atoms with Crippen LogP contribution < -0.4 is 11.1 Å². The van der Waals surface area contributed by atoms with Crippen LogP contribution in [-0.4, -0.2) is 32.5 Å². The lowest BCUT2D eigenvalue weighted by Crippen LogP contribution is -2.31. The number of hydrogen-bond donors (Lipinski definition) is 2. The minimum atomic E-state index is -0.0772. The van der Waals surface area contributed by atoms with E-state index in [1.54, 1.807) is 24.9 Å². The third kappa shape index (κ3) is 4.39. The van der Waals surface area contributed by atoms with E-state index in [0.29, 0.717) is 12.4 Å². The summed E-state index contributed by atoms with van der Waals surface area (Å²) in [6, 6.07) is 23.9. The van der Waals surface area contributed by atoms with E-state index in [0.717, 1.165) is 50.9 Å². The average Bonchev–Trinajstić information content (AvgIpc) is 3.40. The van der Waals surface area contributed by atoms with Gasteiger partial charge in [0.25, 0.3) is 0 Å². The summed E-state index contributed by atoms with van der Waals surface area (Å²) < 4.78 is 5.52. The first kappa shape index (κ1) is 21.9. The number of furan rings is 1. The molecular formula is C29H24N6O. The zero-order valence-corrected chi connectivity index (χ0v) is 19.5. The highest BCUT2D eigenvalue weighted by molar-refractivity contribution is 5.99. The molecule has 0 spiro atoms. The molecule has 0 saturated carbocycles. The predicted molar refractivity (Wildman–Crippen MR) is 142 cm³/mol. The predicted octanol–water partition coefficient (Wildman–Crippen LogP) is 5.48. The Bertz CT molecular complexity index is 1630. The average molecular weight is 473 g/mol. The second-order valence-corrected chi connectivity index (χ2v) is 8.69. The summed E-state index contributed by atoms with van der Waals surface area (Å²) in [5, 5.41) is 5.39. The molecular weight excluding hydrogens is 448 g/mol. The van der Waals surface area contributed by atoms with Crippen molar-refractivity contribution in [3.63, 3.8) is 0 Å². The van der Waals surface area contributed by atoms with Crippen LogP contribution >= 0.6 is 0 Å². The van der Waals surface area contributed by atoms with Gasteiger partial charge in [-0.1, -0.05) is 30.3 Å². The molecule has 36 heavy (non-hydrogen) atoms. The molecule has 0 aliphatic carbocycles. The van der Waals surface area contributed by atoms with Crippen molar-refractivity contribution in [3.8, 4) is 22.6 Å². The lowest BCUT2D eigenvalue weighted by Gasteiger charge is -2.16. The summed E-state index contributed by atoms with van der Waals surface area (Å²) in [5.74, 6) is 1.33. The number of rotatable bonds is 7. The van der Waals surface area contributed by atoms with Crippen molar-refractivity contribution in [3.05, 3.63) is 103 Å². The number of nitrogens with two attached hydrogens (primary N) is 1. The number of nitrogens with zero attached hydrogens (tertiary/aromatic N) is 4. The van der Waals surface area contributed by atoms with Gasteiger partial charge in [0.05, 0.1) is 12.0 Å². The molecule has 0 fully saturated rings. The van der Waals surface area contributed by atoms with Gasteiger partial charge in [0.2, 0.25) is 0 Å². The van der Waals surface area contributed by atoms with Crippen molar-refractivity contribution in [1.82, 2.24) is 19.9 Å². The van der Waals surface area contributed by atoms with Gasteiger partial charge in [0.15, 0.2) is 5.82 Å². The fourth-order valence-electron chi connectivity index (χ4n) is 4.36. The maximum Gasteiger partial charge on any atom is 0.162 e. The molecule has 6 rings (SSSR count). The molecule has 6 aromatic rings. The van der Waals surface area contributed by atoms with Gasteiger partial charge in [-0.3, -0.25) is 9.97 Å². The van der Waals surface area contributed by atoms with E-state index in [2.05, 4.69) is 28.5 Å². The van der Waals surface area contributed by atoms with Gasteiger partial charge in [-0.05, 0) is 54.4 Å². The van der Waals surface area contributed by atoms with E-state index in [-0.39, 0.29) is 6.04 Å². The number of aromatic nitrogens is 4. The van der Waals surface area contributed by atoms with Gasteiger partial charge in [-0.15, -0.1) is 0 Å². The van der Waals surface area contributed by atoms with Crippen molar-refractivity contribution in [2.45, 2.75) is 12.5 Å². The minimum absolute atomic E-state index is 0.0772. The zero-order valence-electron chi connectivity index (χ0n) is 19.5. The molecule has 1 unspecified atom stereocenters. The van der Waals surface area contributed by atoms with E-state index in [1.807, 2.05) is 54.6 Å². The van der Waals surface area contributed by atoms with E-state index in [1.165, 1.54) is 5.56 Å². The SMILES string of the molecule is NC(CNc1nc(-c2ccncc2)nc2c(-c3ccc4occc4c3)nccc12)Cc1ccccc1. The summed E-state index contributed by atoms with van der Waals surface area (Å²) in [4.78, 5) is 18.7. The Balaban J connectivity index is 1.42. The smallest absolute Gasteiger partial charge is 0.162 e. The van der Waals surface area contributed by atoms with Crippen LogP contribution in [0.25, 0.3) is 44.5 Å². The van der Waals surface area contributed by atoms with E-state index >= 15 is 0 Å². The van der Waals surface area contributed by atoms with Gasteiger partial charge in [-0.25, -0.2) is 9.97 Å². The third-order valence-corrected chi connectivity index (χ3v) is 6.15. The van der Waals surface area contributed by atoms with Crippen molar-refractivity contribution < 1.29 is 4.42 Å². The summed E-state index contributed by atoms with van der Waals surface area (Å²) in [5.41, 5.74) is 11.9. The topological polar surface area (TPSA) is 103 Å². The number of benzene rings is 2. The Kier molecular flexibility index (Phi) is 5.81. The fourth-order valence-corrected chi connectivity index (χ4v) is 4.36. The van der Waals surface area contributed by atoms with Gasteiger partial charge < -0.3 is 15.5 Å². The van der Waals surface area contributed by atoms with Gasteiger partial charge >= 0.3 is 0 Å². The lowest BCUT2D eigenvalue weighted by atomic mass is 10.1. The number of hydrogen-bond acceptors (Lipinski definition) is 7. The Morgan fingerprint density at radius 3 is 2.58 bits per heavy atom. The lowest BCUT2D eigenvalue weighted by molar-refractivity contribution is 0.616. The number of fused-ring (bicyclic) bond motifs is 2. The summed E-state index contributed by atoms with van der Waals surface area (Å²) in [6.07, 6.45) is 7.73. The van der Waals surface area contributed by atoms with Crippen molar-refractivity contribution in [1.29, 1.82) is 0 Å². The first-order valence-corrected chi connectivity index (χ1v) is 11.8. The molecule has 0 radical (unpaired) electrons. The van der Waals surface area contributed by atoms with Gasteiger partial charge in [0, 0.05) is 53.1 Å². The number of pyridine rings is 2. The molecule has 0 aliphatic rings. The maximum absolute atomic E-state index is 6.48. The standard InChI is InChI=1S/C29H24N6O/c30-23(16-19-4-2-1-3-5-19)18-33-29-24-10-14-32-26(22-6-7-25-21(17-22)11-15-36-25)27(24)34-28(35-29)20-8-12-31-13-9-20/h1-15,17,23H,16,18,30H2,(H,33,34,35). The Labute approximate surface area is 208 Å². The Morgan fingerprint density at radius 1 is 0.861 bits per heavy atom. The summed E-state index contributed by atoms with van der Waals surface area (Å²) in [7, 11) is 0. The molecule has 0 aliphatic heterocycles. The highest BCUT2D eigenvalue weighted by Gasteiger charge is 2.16. The molecule has 0 bridgehead atoms. The normalized spacial score (nSPS) is 12.1. The van der Waals surface area contributed by atoms with Crippen molar-refractivity contribution in [2.24, 2.45) is 5.73 Å². The van der Waals surface area contributed by atoms with Gasteiger partial charge in [-0.2, -0.15) is 0 Å². The van der Waals surface area contributed by atoms with E-state index < -0.39 is 0 Å². The van der Waals surface area contributed by atoms with Crippen LogP contribution in [0.2, 0.25) is 0 Å². The molecule has 2 aromatic carbocycles. The first-order chi connectivity index (χ1) is 17.7. The van der Waals surface area contributed by atoms with Crippen molar-refractivity contribution in [2.75, 3.05) is 11.9 Å². The Morgan fingerprint density at radius 2 is 1.72 bits per heavy atom. The molecule has 4 aromatic heterocycles. The van der Waals surface area contributed by atoms with E-state index in [9.17, 15) is 0 Å². The summed E-state index contributed by atoms with van der Waals surface area (Å²) in [6.45, 7) is 0.565. The second-order valence-electron chi connectivity index (χ2n) is 8.69. The number of anilines is 1. The third-order valence-electron chi connectivity index (χ3n) is 6.15. The molecule has 0 saturated heterocycles. The van der Waals surface area contributed by atoms with Crippen LogP contribution in [0.3, 0.4) is 0 Å². The van der Waals surface area contributed by atoms with Crippen LogP contribution in [-0.2, 0) is 6.42 Å². The highest BCUT2D eigenvalue weighted by atomic mass is 16.3. The molecule has 3 N–H and O–H groups in total. The van der Waals surface area contributed by atoms with Crippen LogP contribution in [0.1, 0.15) is 5.56 Å². The quantitative estimate of drug-likeness (QED) is 0.317. The molecule has 4 heterocycles. The highest BCUT2D eigenvalue weighted by Crippen LogP contribution is 2.32. The fraction of sp³-hybridized carbons (Fsp3) is 0.103. The number of nitrogens with one attached hydrogen (secondary N) is 1. The van der Waals surface area contributed by atoms with E-state index in [4.69, 9.17) is 25.1 Å². The van der Waals surface area contributed by atoms with Crippen LogP contribution in [0.15, 0.2) is 102 Å². The van der Waals surface area contributed by atoms with Crippen LogP contribution in [0, 0.1) is 0 Å². The van der Waals surface area contributed by atoms with Crippen molar-refractivity contribution >= 4 is 27.7 Å². The molecule has 176 valence electrons. The molecule has 1 atom stereocenters. The van der Waals surface area contributed by atoms with Crippen LogP contribution in [0.5, 0.6) is 0 Å². The Hall–Kier alpha value is -4.62. The zero-order chi connectivity index (χ0) is 24.3. The van der Waals surface area contributed by atoms with Gasteiger partial charge in [0.1, 0.15) is 16.9 Å². The first-order valence-electron chi connectivity index (χ1n) is 11.8. The second kappa shape index (κ2) is 9.56. The van der Waals surface area contributed by atoms with Crippen LogP contribution in [0.4, 0.5) is 5.82 Å². The largest absolute Gasteiger partial charge is 0.464 e. The minimum Gasteiger partial charge on any atom is -0.464 e. The monoisotopic (exact) mass is 472 g/mol. The summed E-state index contributed by atoms with van der Waals surface area (Å²) >= 11 is 0. The maximum atomic E-state index is 6.48.